The Labute approximate surface area is 178 Å². The summed E-state index contributed by atoms with van der Waals surface area (Å²) in [5.74, 6) is -2.05. The fourth-order valence-corrected chi connectivity index (χ4v) is 3.67. The lowest BCUT2D eigenvalue weighted by atomic mass is 10.2. The Balaban J connectivity index is 1.59. The van der Waals surface area contributed by atoms with Crippen molar-refractivity contribution in [3.63, 3.8) is 0 Å². The Morgan fingerprint density at radius 3 is 2.19 bits per heavy atom. The highest BCUT2D eigenvalue weighted by atomic mass is 32.2. The summed E-state index contributed by atoms with van der Waals surface area (Å²) in [6.45, 7) is 3.14. The van der Waals surface area contributed by atoms with Crippen LogP contribution in [0.2, 0.25) is 0 Å². The lowest BCUT2D eigenvalue weighted by Crippen LogP contribution is -2.52. The fourth-order valence-electron chi connectivity index (χ4n) is 3.28. The molecule has 2 aromatic rings. The van der Waals surface area contributed by atoms with Crippen molar-refractivity contribution in [3.05, 3.63) is 53.8 Å². The Morgan fingerprint density at radius 2 is 1.65 bits per heavy atom. The van der Waals surface area contributed by atoms with Crippen LogP contribution in [0.5, 0.6) is 5.75 Å². The molecular weight excluding hydrogens is 440 g/mol. The van der Waals surface area contributed by atoms with Gasteiger partial charge in [-0.25, -0.2) is 12.8 Å². The van der Waals surface area contributed by atoms with Gasteiger partial charge in [0.2, 0.25) is 0 Å². The van der Waals surface area contributed by atoms with Crippen LogP contribution in [0.15, 0.2) is 47.4 Å². The van der Waals surface area contributed by atoms with Crippen molar-refractivity contribution < 1.29 is 35.5 Å². The van der Waals surface area contributed by atoms with Crippen molar-refractivity contribution in [2.24, 2.45) is 0 Å². The van der Waals surface area contributed by atoms with Crippen LogP contribution >= 0.6 is 0 Å². The summed E-state index contributed by atoms with van der Waals surface area (Å²) in [4.78, 5) is 16.4. The van der Waals surface area contributed by atoms with E-state index in [2.05, 4.69) is 0 Å². The smallest absolute Gasteiger partial charge is 0.419 e. The minimum Gasteiger partial charge on any atom is -0.481 e. The number of carbonyl (C=O) groups is 1. The molecule has 0 bridgehead atoms. The van der Waals surface area contributed by atoms with Crippen LogP contribution in [0.1, 0.15) is 12.5 Å². The summed E-state index contributed by atoms with van der Waals surface area (Å²) in [5.41, 5.74) is -0.631. The summed E-state index contributed by atoms with van der Waals surface area (Å²) in [6.07, 6.45) is -5.92. The quantitative estimate of drug-likeness (QED) is 0.549. The summed E-state index contributed by atoms with van der Waals surface area (Å²) in [6, 6.07) is 8.64. The van der Waals surface area contributed by atoms with E-state index in [1.165, 1.54) is 24.0 Å². The maximum atomic E-state index is 13.4. The zero-order valence-corrected chi connectivity index (χ0v) is 17.3. The zero-order valence-electron chi connectivity index (χ0n) is 16.4. The van der Waals surface area contributed by atoms with Crippen LogP contribution in [0.25, 0.3) is 0 Å². The highest BCUT2D eigenvalue weighted by Gasteiger charge is 2.35. The second kappa shape index (κ2) is 9.13. The maximum absolute atomic E-state index is 13.4. The lowest BCUT2D eigenvalue weighted by Gasteiger charge is -2.37. The molecule has 0 aromatic heterocycles. The van der Waals surface area contributed by atoms with E-state index in [0.29, 0.717) is 38.3 Å². The molecule has 6 nitrogen and oxygen atoms in total. The Hall–Kier alpha value is -2.82. The Morgan fingerprint density at radius 1 is 1.03 bits per heavy atom. The molecule has 1 saturated heterocycles. The molecule has 3 rings (SSSR count). The van der Waals surface area contributed by atoms with E-state index in [1.54, 1.807) is 12.1 Å². The highest BCUT2D eigenvalue weighted by Crippen LogP contribution is 2.34. The van der Waals surface area contributed by atoms with Crippen molar-refractivity contribution in [3.8, 4) is 5.75 Å². The number of thiol groups is 1. The normalized spacial score (nSPS) is 15.8. The number of ether oxygens (including phenoxy) is 1. The molecule has 1 aliphatic rings. The van der Waals surface area contributed by atoms with E-state index in [0.717, 1.165) is 11.8 Å². The summed E-state index contributed by atoms with van der Waals surface area (Å²) < 4.78 is 79.2. The SMILES string of the molecule is CC(Oc1ccc(F)c(C(F)(F)F)c1)C(=O)N1CCN(c2ccc([SH](=O)=O)cc2)CC1. The predicted octanol–water partition coefficient (Wildman–Crippen LogP) is 2.93. The summed E-state index contributed by atoms with van der Waals surface area (Å²) >= 11 is 0. The molecule has 1 unspecified atom stereocenters. The van der Waals surface area contributed by atoms with Gasteiger partial charge in [-0.15, -0.1) is 0 Å². The van der Waals surface area contributed by atoms with E-state index < -0.39 is 40.3 Å². The van der Waals surface area contributed by atoms with Crippen LogP contribution in [-0.2, 0) is 21.7 Å². The fraction of sp³-hybridized carbons (Fsp3) is 0.350. The maximum Gasteiger partial charge on any atom is 0.419 e. The average Bonchev–Trinajstić information content (AvgIpc) is 2.74. The number of anilines is 1. The van der Waals surface area contributed by atoms with E-state index in [-0.39, 0.29) is 10.6 Å². The van der Waals surface area contributed by atoms with E-state index in [4.69, 9.17) is 4.74 Å². The largest absolute Gasteiger partial charge is 0.481 e. The third kappa shape index (κ3) is 5.46. The minimum absolute atomic E-state index is 0.216. The van der Waals surface area contributed by atoms with Gasteiger partial charge < -0.3 is 14.5 Å². The van der Waals surface area contributed by atoms with Crippen LogP contribution in [-0.4, -0.2) is 51.5 Å². The Kier molecular flexibility index (Phi) is 6.73. The minimum atomic E-state index is -4.87. The van der Waals surface area contributed by atoms with Crippen LogP contribution in [0.4, 0.5) is 23.2 Å². The summed E-state index contributed by atoms with van der Waals surface area (Å²) in [5, 5.41) is 0. The molecule has 1 atom stereocenters. The molecular formula is C20H20F4N2O4S. The summed E-state index contributed by atoms with van der Waals surface area (Å²) in [7, 11) is -2.65. The molecule has 0 saturated carbocycles. The first kappa shape index (κ1) is 22.9. The number of amides is 1. The number of hydrogen-bond acceptors (Lipinski definition) is 5. The second-order valence-electron chi connectivity index (χ2n) is 6.99. The molecule has 0 aliphatic carbocycles. The Bertz CT molecular complexity index is 1010. The molecule has 1 heterocycles. The first-order valence-corrected chi connectivity index (χ1v) is 10.6. The predicted molar refractivity (Wildman–Crippen MR) is 105 cm³/mol. The molecule has 1 amide bonds. The standard InChI is InChI=1S/C20H20F4N2O4S/c1-13(30-15-4-7-18(21)17(12-15)20(22,23)24)19(27)26-10-8-25(9-11-26)14-2-5-16(6-3-14)31(28)29/h2-7,12-13,31H,8-11H2,1H3. The van der Waals surface area contributed by atoms with Crippen molar-refractivity contribution in [2.45, 2.75) is 24.1 Å². The molecule has 31 heavy (non-hydrogen) atoms. The third-order valence-electron chi connectivity index (χ3n) is 4.92. The molecule has 2 aromatic carbocycles. The van der Waals surface area contributed by atoms with Gasteiger partial charge in [-0.1, -0.05) is 0 Å². The van der Waals surface area contributed by atoms with Gasteiger partial charge in [0.05, 0.1) is 10.5 Å². The molecule has 1 aliphatic heterocycles. The molecule has 11 heteroatoms. The monoisotopic (exact) mass is 460 g/mol. The number of halogens is 4. The van der Waals surface area contributed by atoms with Gasteiger partial charge in [0.25, 0.3) is 5.91 Å². The van der Waals surface area contributed by atoms with Crippen LogP contribution in [0, 0.1) is 5.82 Å². The number of benzene rings is 2. The van der Waals surface area contributed by atoms with E-state index >= 15 is 0 Å². The van der Waals surface area contributed by atoms with Gasteiger partial charge in [0, 0.05) is 31.9 Å². The van der Waals surface area contributed by atoms with E-state index in [1.807, 2.05) is 4.90 Å². The molecule has 0 radical (unpaired) electrons. The number of carbonyl (C=O) groups excluding carboxylic acids is 1. The van der Waals surface area contributed by atoms with Crippen molar-refractivity contribution in [1.29, 1.82) is 0 Å². The van der Waals surface area contributed by atoms with Crippen molar-refractivity contribution in [2.75, 3.05) is 31.1 Å². The topological polar surface area (TPSA) is 66.9 Å². The first-order chi connectivity index (χ1) is 14.6. The number of alkyl halides is 3. The average molecular weight is 460 g/mol. The highest BCUT2D eigenvalue weighted by molar-refractivity contribution is 7.72. The van der Waals surface area contributed by atoms with Gasteiger partial charge in [-0.3, -0.25) is 4.79 Å². The number of rotatable bonds is 5. The van der Waals surface area contributed by atoms with Gasteiger partial charge >= 0.3 is 6.18 Å². The number of hydrogen-bond donors (Lipinski definition) is 1. The van der Waals surface area contributed by atoms with Gasteiger partial charge in [0.15, 0.2) is 16.8 Å². The second-order valence-corrected chi connectivity index (χ2v) is 8.02. The van der Waals surface area contributed by atoms with Crippen LogP contribution < -0.4 is 9.64 Å². The van der Waals surface area contributed by atoms with Gasteiger partial charge in [-0.05, 0) is 49.4 Å². The van der Waals surface area contributed by atoms with Crippen molar-refractivity contribution in [1.82, 2.24) is 4.90 Å². The molecule has 0 spiro atoms. The zero-order chi connectivity index (χ0) is 22.8. The van der Waals surface area contributed by atoms with Gasteiger partial charge in [0.1, 0.15) is 11.6 Å². The lowest BCUT2D eigenvalue weighted by molar-refractivity contribution is -0.140. The molecule has 0 N–H and O–H groups in total. The number of nitrogens with zero attached hydrogens (tertiary/aromatic N) is 2. The van der Waals surface area contributed by atoms with E-state index in [9.17, 15) is 30.8 Å². The van der Waals surface area contributed by atoms with Crippen LogP contribution in [0.3, 0.4) is 0 Å². The van der Waals surface area contributed by atoms with Crippen molar-refractivity contribution >= 4 is 22.3 Å². The van der Waals surface area contributed by atoms with Gasteiger partial charge in [-0.2, -0.15) is 13.2 Å². The molecule has 1 fully saturated rings. The third-order valence-corrected chi connectivity index (χ3v) is 5.64. The first-order valence-electron chi connectivity index (χ1n) is 9.38. The molecule has 168 valence electrons. The number of piperazine rings is 1.